The Labute approximate surface area is 108 Å². The summed E-state index contributed by atoms with van der Waals surface area (Å²) >= 11 is 0. The van der Waals surface area contributed by atoms with Crippen molar-refractivity contribution >= 4 is 12.0 Å². The Morgan fingerprint density at radius 1 is 1.53 bits per heavy atom. The fraction of sp³-hybridized carbons (Fsp3) is 0.0909. The molecule has 0 aliphatic heterocycles. The number of hydrazone groups is 1. The largest absolute Gasteiger partial charge is 0.469 e. The first-order chi connectivity index (χ1) is 9.19. The summed E-state index contributed by atoms with van der Waals surface area (Å²) in [6.45, 7) is 0.0804. The van der Waals surface area contributed by atoms with Crippen LogP contribution in [-0.2, 0) is 6.73 Å². The van der Waals surface area contributed by atoms with Gasteiger partial charge in [0.1, 0.15) is 5.75 Å². The van der Waals surface area contributed by atoms with Gasteiger partial charge in [-0.2, -0.15) is 5.10 Å². The zero-order valence-electron chi connectivity index (χ0n) is 9.84. The number of nitrogens with zero attached hydrogens (tertiary/aromatic N) is 4. The van der Waals surface area contributed by atoms with Gasteiger partial charge < -0.3 is 20.7 Å². The number of ether oxygens (including phenoxy) is 1. The van der Waals surface area contributed by atoms with Crippen LogP contribution in [0.15, 0.2) is 41.6 Å². The minimum atomic E-state index is -0.561. The highest BCUT2D eigenvalue weighted by Crippen LogP contribution is 2.13. The van der Waals surface area contributed by atoms with E-state index in [-0.39, 0.29) is 12.5 Å². The molecule has 0 fully saturated rings. The molecule has 8 heteroatoms. The number of nitrogens with two attached hydrogens (primary N) is 1. The Morgan fingerprint density at radius 2 is 2.37 bits per heavy atom. The Hall–Kier alpha value is -2.90. The molecule has 0 radical (unpaired) electrons. The number of hydrogen-bond acceptors (Lipinski definition) is 6. The summed E-state index contributed by atoms with van der Waals surface area (Å²) in [5, 5.41) is 17.6. The summed E-state index contributed by atoms with van der Waals surface area (Å²) in [4.78, 5) is 9.91. The molecule has 0 saturated heterocycles. The van der Waals surface area contributed by atoms with E-state index in [0.717, 1.165) is 5.56 Å². The Balaban J connectivity index is 2.01. The second-order valence-corrected chi connectivity index (χ2v) is 3.59. The van der Waals surface area contributed by atoms with E-state index >= 15 is 0 Å². The summed E-state index contributed by atoms with van der Waals surface area (Å²) in [6, 6.07) is 8.42. The first-order valence-corrected chi connectivity index (χ1v) is 5.33. The third-order valence-corrected chi connectivity index (χ3v) is 2.26. The predicted molar refractivity (Wildman–Crippen MR) is 67.7 cm³/mol. The van der Waals surface area contributed by atoms with E-state index < -0.39 is 4.92 Å². The van der Waals surface area contributed by atoms with Crippen LogP contribution < -0.4 is 10.6 Å². The van der Waals surface area contributed by atoms with E-state index in [1.54, 1.807) is 18.2 Å². The molecule has 1 aromatic heterocycles. The lowest BCUT2D eigenvalue weighted by atomic mass is 10.2. The van der Waals surface area contributed by atoms with E-state index in [1.807, 2.05) is 6.07 Å². The zero-order chi connectivity index (χ0) is 13.7. The first kappa shape index (κ1) is 12.6. The minimum Gasteiger partial charge on any atom is -0.469 e. The van der Waals surface area contributed by atoms with Gasteiger partial charge in [-0.1, -0.05) is 12.1 Å². The van der Waals surface area contributed by atoms with Crippen molar-refractivity contribution in [3.8, 4) is 5.75 Å². The first-order valence-electron chi connectivity index (χ1n) is 5.33. The molecule has 0 aliphatic rings. The number of benzene rings is 1. The molecule has 2 aromatic rings. The second-order valence-electron chi connectivity index (χ2n) is 3.59. The van der Waals surface area contributed by atoms with Crippen LogP contribution in [0, 0.1) is 10.1 Å². The quantitative estimate of drug-likeness (QED) is 0.375. The Kier molecular flexibility index (Phi) is 3.72. The van der Waals surface area contributed by atoms with Crippen LogP contribution in [0.4, 0.5) is 5.82 Å². The van der Waals surface area contributed by atoms with E-state index in [4.69, 9.17) is 10.6 Å². The van der Waals surface area contributed by atoms with Gasteiger partial charge in [-0.05, 0) is 22.6 Å². The van der Waals surface area contributed by atoms with E-state index in [2.05, 4.69) is 10.2 Å². The van der Waals surface area contributed by atoms with Gasteiger partial charge >= 0.3 is 5.82 Å². The van der Waals surface area contributed by atoms with Crippen molar-refractivity contribution in [1.29, 1.82) is 0 Å². The normalized spacial score (nSPS) is 10.7. The monoisotopic (exact) mass is 261 g/mol. The lowest BCUT2D eigenvalue weighted by Crippen LogP contribution is -2.06. The molecule has 1 heterocycles. The van der Waals surface area contributed by atoms with Gasteiger partial charge in [-0.15, -0.1) is 4.68 Å². The summed E-state index contributed by atoms with van der Waals surface area (Å²) in [6.07, 6.45) is 2.97. The molecule has 2 N–H and O–H groups in total. The van der Waals surface area contributed by atoms with Crippen molar-refractivity contribution in [2.75, 3.05) is 0 Å². The molecular weight excluding hydrogens is 250 g/mol. The van der Waals surface area contributed by atoms with Gasteiger partial charge in [0, 0.05) is 0 Å². The van der Waals surface area contributed by atoms with Crippen LogP contribution >= 0.6 is 0 Å². The van der Waals surface area contributed by atoms with Crippen molar-refractivity contribution in [2.24, 2.45) is 10.9 Å². The molecule has 0 aliphatic carbocycles. The van der Waals surface area contributed by atoms with E-state index in [1.165, 1.54) is 23.2 Å². The molecule has 98 valence electrons. The summed E-state index contributed by atoms with van der Waals surface area (Å²) in [7, 11) is 0. The maximum absolute atomic E-state index is 10.5. The molecule has 1 aromatic carbocycles. The van der Waals surface area contributed by atoms with Crippen molar-refractivity contribution < 1.29 is 9.66 Å². The highest BCUT2D eigenvalue weighted by Gasteiger charge is 2.10. The second kappa shape index (κ2) is 5.63. The predicted octanol–water partition coefficient (Wildman–Crippen LogP) is 1.12. The molecule has 0 bridgehead atoms. The SMILES string of the molecule is NN=Cc1cccc(OCn2ccc([N+](=O)[O-])n2)c1. The van der Waals surface area contributed by atoms with Crippen LogP contribution in [0.25, 0.3) is 0 Å². The third kappa shape index (κ3) is 3.28. The van der Waals surface area contributed by atoms with Crippen LogP contribution in [0.3, 0.4) is 0 Å². The molecule has 0 atom stereocenters. The lowest BCUT2D eigenvalue weighted by molar-refractivity contribution is -0.389. The number of rotatable bonds is 5. The minimum absolute atomic E-state index is 0.0804. The summed E-state index contributed by atoms with van der Waals surface area (Å²) < 4.78 is 6.78. The lowest BCUT2D eigenvalue weighted by Gasteiger charge is -2.04. The van der Waals surface area contributed by atoms with Gasteiger partial charge in [0.05, 0.1) is 23.6 Å². The smallest absolute Gasteiger partial charge is 0.390 e. The van der Waals surface area contributed by atoms with Gasteiger partial charge in [-0.25, -0.2) is 0 Å². The van der Waals surface area contributed by atoms with Gasteiger partial charge in [0.25, 0.3) is 0 Å². The third-order valence-electron chi connectivity index (χ3n) is 2.26. The average molecular weight is 261 g/mol. The van der Waals surface area contributed by atoms with E-state index in [0.29, 0.717) is 5.75 Å². The highest BCUT2D eigenvalue weighted by molar-refractivity contribution is 5.79. The van der Waals surface area contributed by atoms with Gasteiger partial charge in [-0.3, -0.25) is 0 Å². The average Bonchev–Trinajstić information content (AvgIpc) is 2.86. The van der Waals surface area contributed by atoms with Crippen LogP contribution in [0.2, 0.25) is 0 Å². The fourth-order valence-electron chi connectivity index (χ4n) is 1.43. The zero-order valence-corrected chi connectivity index (χ0v) is 9.84. The van der Waals surface area contributed by atoms with Crippen LogP contribution in [-0.4, -0.2) is 20.9 Å². The number of aromatic nitrogens is 2. The summed E-state index contributed by atoms with van der Waals surface area (Å²) in [5.74, 6) is 5.44. The topological polar surface area (TPSA) is 109 Å². The van der Waals surface area contributed by atoms with Crippen molar-refractivity contribution in [2.45, 2.75) is 6.73 Å². The summed E-state index contributed by atoms with van der Waals surface area (Å²) in [5.41, 5.74) is 0.798. The Bertz CT molecular complexity index is 608. The van der Waals surface area contributed by atoms with Gasteiger partial charge in [0.2, 0.25) is 6.73 Å². The Morgan fingerprint density at radius 3 is 3.05 bits per heavy atom. The number of nitro groups is 1. The highest BCUT2D eigenvalue weighted by atomic mass is 16.6. The van der Waals surface area contributed by atoms with Gasteiger partial charge in [0.15, 0.2) is 0 Å². The van der Waals surface area contributed by atoms with Crippen molar-refractivity contribution in [3.05, 3.63) is 52.2 Å². The molecule has 0 spiro atoms. The molecule has 0 amide bonds. The maximum atomic E-state index is 10.5. The fourth-order valence-corrected chi connectivity index (χ4v) is 1.43. The van der Waals surface area contributed by atoms with Crippen molar-refractivity contribution in [3.63, 3.8) is 0 Å². The van der Waals surface area contributed by atoms with E-state index in [9.17, 15) is 10.1 Å². The van der Waals surface area contributed by atoms with Crippen LogP contribution in [0.1, 0.15) is 5.56 Å². The standard InChI is InChI=1S/C11H11N5O3/c12-13-7-9-2-1-3-10(6-9)19-8-15-5-4-11(14-15)16(17)18/h1-7H,8,12H2. The van der Waals surface area contributed by atoms with Crippen LogP contribution in [0.5, 0.6) is 5.75 Å². The molecule has 0 unspecified atom stereocenters. The molecule has 2 rings (SSSR count). The molecular formula is C11H11N5O3. The molecule has 0 saturated carbocycles. The van der Waals surface area contributed by atoms with Crippen molar-refractivity contribution in [1.82, 2.24) is 9.78 Å². The maximum Gasteiger partial charge on any atom is 0.390 e. The molecule has 19 heavy (non-hydrogen) atoms. The molecule has 8 nitrogen and oxygen atoms in total. The number of hydrogen-bond donors (Lipinski definition) is 1.